The van der Waals surface area contributed by atoms with Crippen LogP contribution < -0.4 is 35.2 Å². The Labute approximate surface area is 188 Å². The molecule has 0 unspecified atom stereocenters. The third-order valence-electron chi connectivity index (χ3n) is 5.24. The van der Waals surface area contributed by atoms with Gasteiger partial charge in [-0.15, -0.1) is 81.2 Å². The van der Waals surface area contributed by atoms with Gasteiger partial charge in [-0.3, -0.25) is 0 Å². The predicted octanol–water partition coefficient (Wildman–Crippen LogP) is -1.12. The second kappa shape index (κ2) is 8.56. The molecule has 0 fully saturated rings. The summed E-state index contributed by atoms with van der Waals surface area (Å²) in [7, 11) is -1.77. The van der Waals surface area contributed by atoms with Crippen LogP contribution >= 0.6 is 0 Å². The third-order valence-corrected chi connectivity index (χ3v) is 9.07. The van der Waals surface area contributed by atoms with Gasteiger partial charge in [0.1, 0.15) is 0 Å². The van der Waals surface area contributed by atoms with Crippen LogP contribution in [-0.2, 0) is 25.8 Å². The first-order chi connectivity index (χ1) is 11.0. The summed E-state index contributed by atoms with van der Waals surface area (Å²) in [4.78, 5) is 0. The summed E-state index contributed by atoms with van der Waals surface area (Å²) in [5.41, 5.74) is 2.90. The first-order valence-electron chi connectivity index (χ1n) is 8.31. The fraction of sp³-hybridized carbons (Fsp3) is 0.182. The first-order valence-corrected chi connectivity index (χ1v) is 11.3. The van der Waals surface area contributed by atoms with Crippen LogP contribution in [0.2, 0.25) is 13.1 Å². The van der Waals surface area contributed by atoms with Crippen molar-refractivity contribution < 1.29 is 50.7 Å². The van der Waals surface area contributed by atoms with Gasteiger partial charge in [0.15, 0.2) is 0 Å². The van der Waals surface area contributed by atoms with Gasteiger partial charge in [0.2, 0.25) is 0 Å². The van der Waals surface area contributed by atoms with Gasteiger partial charge in [0.25, 0.3) is 0 Å². The van der Waals surface area contributed by atoms with Crippen molar-refractivity contribution in [3.8, 4) is 0 Å². The van der Waals surface area contributed by atoms with Crippen LogP contribution in [0.1, 0.15) is 11.1 Å². The summed E-state index contributed by atoms with van der Waals surface area (Å²) in [6.07, 6.45) is 0. The number of halogens is 2. The Morgan fingerprint density at radius 2 is 1.00 bits per heavy atom. The average molecular weight is 564 g/mol. The van der Waals surface area contributed by atoms with Gasteiger partial charge in [-0.05, 0) is 0 Å². The maximum Gasteiger partial charge on any atom is 4.00 e. The molecule has 0 aliphatic carbocycles. The SMILES string of the molecule is Cc1[cH-]c2ccccc2c1[Si](C)(C)c1c(C)[cH-]c2ccccc12.[Cl-].[Cl-].[Hf+4]. The van der Waals surface area contributed by atoms with E-state index in [9.17, 15) is 0 Å². The number of hydrogen-bond acceptors (Lipinski definition) is 0. The van der Waals surface area contributed by atoms with E-state index in [1.807, 2.05) is 0 Å². The molecule has 0 saturated heterocycles. The minimum Gasteiger partial charge on any atom is -1.00 e. The summed E-state index contributed by atoms with van der Waals surface area (Å²) in [5.74, 6) is 0. The number of benzene rings is 2. The van der Waals surface area contributed by atoms with Gasteiger partial charge in [-0.25, -0.2) is 0 Å². The van der Waals surface area contributed by atoms with E-state index in [1.54, 1.807) is 10.4 Å². The summed E-state index contributed by atoms with van der Waals surface area (Å²) in [6, 6.07) is 22.4. The van der Waals surface area contributed by atoms with E-state index in [2.05, 4.69) is 87.6 Å². The summed E-state index contributed by atoms with van der Waals surface area (Å²) >= 11 is 0. The van der Waals surface area contributed by atoms with Gasteiger partial charge in [-0.1, -0.05) is 39.1 Å². The molecule has 0 atom stereocenters. The number of rotatable bonds is 2. The van der Waals surface area contributed by atoms with E-state index in [4.69, 9.17) is 0 Å². The molecule has 0 N–H and O–H groups in total. The molecule has 4 aromatic rings. The summed E-state index contributed by atoms with van der Waals surface area (Å²) < 4.78 is 0. The van der Waals surface area contributed by atoms with Crippen LogP contribution in [0.25, 0.3) is 21.5 Å². The molecular weight excluding hydrogens is 542 g/mol. The Morgan fingerprint density at radius 3 is 1.38 bits per heavy atom. The third kappa shape index (κ3) is 3.54. The van der Waals surface area contributed by atoms with Crippen LogP contribution in [0.15, 0.2) is 60.7 Å². The van der Waals surface area contributed by atoms with Crippen LogP contribution in [0.5, 0.6) is 0 Å². The second-order valence-electron chi connectivity index (χ2n) is 7.20. The molecule has 0 saturated carbocycles. The summed E-state index contributed by atoms with van der Waals surface area (Å²) in [5, 5.41) is 8.88. The molecular formula is C22H22Cl2HfSi. The van der Waals surface area contributed by atoms with Crippen molar-refractivity contribution >= 4 is 40.0 Å². The number of fused-ring (bicyclic) bond motifs is 2. The van der Waals surface area contributed by atoms with Gasteiger partial charge < -0.3 is 24.8 Å². The molecule has 26 heavy (non-hydrogen) atoms. The minimum atomic E-state index is -1.77. The van der Waals surface area contributed by atoms with Crippen molar-refractivity contribution in [2.75, 3.05) is 0 Å². The monoisotopic (exact) mass is 564 g/mol. The fourth-order valence-corrected chi connectivity index (χ4v) is 8.69. The van der Waals surface area contributed by atoms with E-state index in [0.29, 0.717) is 0 Å². The van der Waals surface area contributed by atoms with Gasteiger partial charge in [-0.2, -0.15) is 10.4 Å². The zero-order valence-electron chi connectivity index (χ0n) is 15.5. The van der Waals surface area contributed by atoms with Crippen LogP contribution in [0.3, 0.4) is 0 Å². The zero-order valence-corrected chi connectivity index (χ0v) is 21.6. The molecule has 4 heteroatoms. The molecule has 0 amide bonds. The van der Waals surface area contributed by atoms with Crippen LogP contribution in [0, 0.1) is 13.8 Å². The summed E-state index contributed by atoms with van der Waals surface area (Å²) in [6.45, 7) is 9.59. The molecule has 0 aliphatic heterocycles. The number of aryl methyl sites for hydroxylation is 2. The quantitative estimate of drug-likeness (QED) is 0.214. The van der Waals surface area contributed by atoms with E-state index in [-0.39, 0.29) is 50.7 Å². The molecule has 0 aliphatic rings. The van der Waals surface area contributed by atoms with Crippen molar-refractivity contribution in [2.24, 2.45) is 0 Å². The van der Waals surface area contributed by atoms with E-state index < -0.39 is 8.07 Å². The van der Waals surface area contributed by atoms with Crippen molar-refractivity contribution in [2.45, 2.75) is 26.9 Å². The van der Waals surface area contributed by atoms with Crippen LogP contribution in [-0.4, -0.2) is 8.07 Å². The maximum atomic E-state index is 2.51. The smallest absolute Gasteiger partial charge is 1.00 e. The zero-order chi connectivity index (χ0) is 16.2. The molecule has 0 bridgehead atoms. The molecule has 0 aromatic heterocycles. The van der Waals surface area contributed by atoms with Gasteiger partial charge >= 0.3 is 25.8 Å². The minimum absolute atomic E-state index is 0. The molecule has 132 valence electrons. The Kier molecular flexibility index (Phi) is 7.69. The van der Waals surface area contributed by atoms with Crippen molar-refractivity contribution in [3.05, 3.63) is 71.8 Å². The fourth-order valence-electron chi connectivity index (χ4n) is 4.52. The molecule has 0 heterocycles. The predicted molar refractivity (Wildman–Crippen MR) is 105 cm³/mol. The van der Waals surface area contributed by atoms with Crippen LogP contribution in [0.4, 0.5) is 0 Å². The van der Waals surface area contributed by atoms with Crippen molar-refractivity contribution in [3.63, 3.8) is 0 Å². The number of hydrogen-bond donors (Lipinski definition) is 0. The largest absolute Gasteiger partial charge is 4.00 e. The molecule has 0 nitrogen and oxygen atoms in total. The Bertz CT molecular complexity index is 945. The van der Waals surface area contributed by atoms with Crippen molar-refractivity contribution in [1.82, 2.24) is 0 Å². The topological polar surface area (TPSA) is 0 Å². The molecule has 0 spiro atoms. The first kappa shape index (κ1) is 23.4. The maximum absolute atomic E-state index is 2.51. The van der Waals surface area contributed by atoms with E-state index in [0.717, 1.165) is 0 Å². The van der Waals surface area contributed by atoms with Gasteiger partial charge in [0, 0.05) is 8.07 Å². The van der Waals surface area contributed by atoms with Gasteiger partial charge in [0.05, 0.1) is 0 Å². The Morgan fingerprint density at radius 1 is 0.654 bits per heavy atom. The Balaban J connectivity index is 0.00000113. The second-order valence-corrected chi connectivity index (χ2v) is 11.5. The standard InChI is InChI=1S/C22H22Si.2ClH.Hf/c1-15-13-17-9-5-7-11-19(17)21(15)23(3,4)22-16(2)14-18-10-6-8-12-20(18)22;;;/h5-14H,1-4H3;2*1H;/q-2;;;+4/p-2. The normalized spacial score (nSPS) is 10.9. The van der Waals surface area contributed by atoms with E-state index >= 15 is 0 Å². The molecule has 0 radical (unpaired) electrons. The Hall–Kier alpha value is -0.673. The van der Waals surface area contributed by atoms with E-state index in [1.165, 1.54) is 32.7 Å². The molecule has 4 rings (SSSR count). The molecule has 4 aromatic carbocycles. The van der Waals surface area contributed by atoms with Crippen molar-refractivity contribution in [1.29, 1.82) is 0 Å². The average Bonchev–Trinajstić information content (AvgIpc) is 3.02.